The molecule has 0 aliphatic rings. The minimum atomic E-state index is 0.384. The fourth-order valence-corrected chi connectivity index (χ4v) is 1.25. The zero-order chi connectivity index (χ0) is 18.0. The molecule has 0 unspecified atom stereocenters. The molecule has 0 fully saturated rings. The molecule has 0 aliphatic heterocycles. The average molecular weight is 305 g/mol. The fourth-order valence-electron chi connectivity index (χ4n) is 1.25. The van der Waals surface area contributed by atoms with Crippen LogP contribution >= 0.6 is 0 Å². The third kappa shape index (κ3) is 14.6. The minimum Gasteiger partial charge on any atom is -0.508 e. The van der Waals surface area contributed by atoms with Gasteiger partial charge in [-0.05, 0) is 38.0 Å². The molecule has 1 heteroatoms. The number of hydrogen-bond acceptors (Lipinski definition) is 1. The predicted molar refractivity (Wildman–Crippen MR) is 103 cm³/mol. The van der Waals surface area contributed by atoms with Gasteiger partial charge < -0.3 is 5.11 Å². The van der Waals surface area contributed by atoms with Crippen LogP contribution in [-0.2, 0) is 0 Å². The van der Waals surface area contributed by atoms with Gasteiger partial charge in [-0.1, -0.05) is 89.6 Å². The maximum absolute atomic E-state index is 9.10. The lowest BCUT2D eigenvalue weighted by molar-refractivity contribution is 0.470. The van der Waals surface area contributed by atoms with E-state index >= 15 is 0 Å². The second-order valence-electron chi connectivity index (χ2n) is 3.94. The lowest BCUT2D eigenvalue weighted by atomic mass is 10.1. The van der Waals surface area contributed by atoms with Crippen molar-refractivity contribution < 1.29 is 5.11 Å². The van der Waals surface area contributed by atoms with Gasteiger partial charge in [-0.25, -0.2) is 0 Å². The molecule has 2 rings (SSSR count). The predicted octanol–water partition coefficient (Wildman–Crippen LogP) is 7.08. The van der Waals surface area contributed by atoms with E-state index in [-0.39, 0.29) is 0 Å². The smallest absolute Gasteiger partial charge is 0.118 e. The maximum Gasteiger partial charge on any atom is 0.118 e. The quantitative estimate of drug-likeness (QED) is 0.551. The minimum absolute atomic E-state index is 0.384. The Labute approximate surface area is 139 Å². The van der Waals surface area contributed by atoms with Crippen LogP contribution in [0.15, 0.2) is 48.5 Å². The standard InChI is InChI=1S/C8H10O.C7H8.3C2H6/c1-6-3-4-7(2)8(9)5-6;1-7-5-3-2-4-6-7;3*1-2/h3-5,9H,1-2H3;2-6H,1H3;3*1-2H3. The SMILES string of the molecule is CC.CC.CC.Cc1ccc(C)c(O)c1.Cc1ccccc1. The molecule has 2 aromatic carbocycles. The summed E-state index contributed by atoms with van der Waals surface area (Å²) in [4.78, 5) is 0. The van der Waals surface area contributed by atoms with Gasteiger partial charge in [0.25, 0.3) is 0 Å². The Kier molecular flexibility index (Phi) is 22.0. The van der Waals surface area contributed by atoms with Gasteiger partial charge >= 0.3 is 0 Å². The van der Waals surface area contributed by atoms with Gasteiger partial charge in [0.15, 0.2) is 0 Å². The molecule has 0 aromatic heterocycles. The van der Waals surface area contributed by atoms with Crippen molar-refractivity contribution >= 4 is 0 Å². The van der Waals surface area contributed by atoms with E-state index < -0.39 is 0 Å². The van der Waals surface area contributed by atoms with E-state index in [1.807, 2.05) is 85.7 Å². The van der Waals surface area contributed by atoms with Crippen molar-refractivity contribution in [3.05, 3.63) is 65.2 Å². The van der Waals surface area contributed by atoms with E-state index in [0.29, 0.717) is 5.75 Å². The van der Waals surface area contributed by atoms with Crippen molar-refractivity contribution in [1.82, 2.24) is 0 Å². The lowest BCUT2D eigenvalue weighted by Crippen LogP contribution is -1.74. The summed E-state index contributed by atoms with van der Waals surface area (Å²) in [6.07, 6.45) is 0. The zero-order valence-corrected chi connectivity index (χ0v) is 16.1. The molecule has 22 heavy (non-hydrogen) atoms. The van der Waals surface area contributed by atoms with Gasteiger partial charge in [-0.2, -0.15) is 0 Å². The summed E-state index contributed by atoms with van der Waals surface area (Å²) in [5.41, 5.74) is 3.35. The zero-order valence-electron chi connectivity index (χ0n) is 16.1. The topological polar surface area (TPSA) is 20.2 Å². The number of aromatic hydroxyl groups is 1. The molecule has 0 radical (unpaired) electrons. The molecular formula is C21H36O. The van der Waals surface area contributed by atoms with Gasteiger partial charge in [0.05, 0.1) is 0 Å². The van der Waals surface area contributed by atoms with E-state index in [2.05, 4.69) is 19.1 Å². The Morgan fingerprint density at radius 2 is 1.05 bits per heavy atom. The van der Waals surface area contributed by atoms with E-state index in [1.54, 1.807) is 6.07 Å². The largest absolute Gasteiger partial charge is 0.508 e. The summed E-state index contributed by atoms with van der Waals surface area (Å²) in [7, 11) is 0. The monoisotopic (exact) mass is 304 g/mol. The molecular weight excluding hydrogens is 268 g/mol. The summed E-state index contributed by atoms with van der Waals surface area (Å²) in [5, 5.41) is 9.10. The molecule has 0 heterocycles. The summed E-state index contributed by atoms with van der Waals surface area (Å²) >= 11 is 0. The van der Waals surface area contributed by atoms with Crippen LogP contribution in [0, 0.1) is 20.8 Å². The highest BCUT2D eigenvalue weighted by molar-refractivity contribution is 5.34. The van der Waals surface area contributed by atoms with Crippen molar-refractivity contribution in [2.45, 2.75) is 62.3 Å². The van der Waals surface area contributed by atoms with Crippen LogP contribution in [-0.4, -0.2) is 5.11 Å². The number of benzene rings is 2. The molecule has 2 aromatic rings. The van der Waals surface area contributed by atoms with E-state index in [9.17, 15) is 0 Å². The highest BCUT2D eigenvalue weighted by Crippen LogP contribution is 2.15. The lowest BCUT2D eigenvalue weighted by Gasteiger charge is -1.97. The molecule has 0 aliphatic carbocycles. The first-order valence-electron chi connectivity index (χ1n) is 8.37. The Morgan fingerprint density at radius 3 is 1.32 bits per heavy atom. The number of phenolic OH excluding ortho intramolecular Hbond substituents is 1. The van der Waals surface area contributed by atoms with Crippen LogP contribution in [0.5, 0.6) is 5.75 Å². The second-order valence-corrected chi connectivity index (χ2v) is 3.94. The van der Waals surface area contributed by atoms with Crippen molar-refractivity contribution in [2.24, 2.45) is 0 Å². The van der Waals surface area contributed by atoms with Gasteiger partial charge in [-0.15, -0.1) is 0 Å². The Morgan fingerprint density at radius 1 is 0.591 bits per heavy atom. The fraction of sp³-hybridized carbons (Fsp3) is 0.429. The maximum atomic E-state index is 9.10. The number of rotatable bonds is 0. The molecule has 0 saturated heterocycles. The third-order valence-electron chi connectivity index (χ3n) is 2.31. The first-order chi connectivity index (χ1) is 10.6. The van der Waals surface area contributed by atoms with E-state index in [4.69, 9.17) is 5.11 Å². The number of phenols is 1. The van der Waals surface area contributed by atoms with Crippen LogP contribution in [0.4, 0.5) is 0 Å². The van der Waals surface area contributed by atoms with Crippen molar-refractivity contribution in [2.75, 3.05) is 0 Å². The summed E-state index contributed by atoms with van der Waals surface area (Å²) in [6.45, 7) is 17.9. The van der Waals surface area contributed by atoms with Gasteiger partial charge in [0.1, 0.15) is 5.75 Å². The van der Waals surface area contributed by atoms with Crippen LogP contribution in [0.2, 0.25) is 0 Å². The summed E-state index contributed by atoms with van der Waals surface area (Å²) < 4.78 is 0. The molecule has 0 saturated carbocycles. The molecule has 0 bridgehead atoms. The molecule has 0 amide bonds. The summed E-state index contributed by atoms with van der Waals surface area (Å²) in [5.74, 6) is 0.384. The van der Waals surface area contributed by atoms with Crippen molar-refractivity contribution in [3.63, 3.8) is 0 Å². The Bertz CT molecular complexity index is 433. The molecule has 0 atom stereocenters. The van der Waals surface area contributed by atoms with Crippen LogP contribution in [0.25, 0.3) is 0 Å². The van der Waals surface area contributed by atoms with Crippen molar-refractivity contribution in [3.8, 4) is 5.75 Å². The Hall–Kier alpha value is -1.76. The van der Waals surface area contributed by atoms with E-state index in [1.165, 1.54) is 5.56 Å². The number of hydrogen-bond donors (Lipinski definition) is 1. The molecule has 0 spiro atoms. The second kappa shape index (κ2) is 19.2. The van der Waals surface area contributed by atoms with Crippen LogP contribution in [0.1, 0.15) is 58.2 Å². The molecule has 1 nitrogen and oxygen atoms in total. The highest BCUT2D eigenvalue weighted by atomic mass is 16.3. The van der Waals surface area contributed by atoms with Gasteiger partial charge in [-0.3, -0.25) is 0 Å². The molecule has 1 N–H and O–H groups in total. The number of aryl methyl sites for hydroxylation is 3. The highest BCUT2D eigenvalue weighted by Gasteiger charge is 1.91. The van der Waals surface area contributed by atoms with Crippen LogP contribution < -0.4 is 0 Å². The van der Waals surface area contributed by atoms with Gasteiger partial charge in [0, 0.05) is 0 Å². The van der Waals surface area contributed by atoms with Gasteiger partial charge in [0.2, 0.25) is 0 Å². The first-order valence-corrected chi connectivity index (χ1v) is 8.37. The third-order valence-corrected chi connectivity index (χ3v) is 2.31. The first kappa shape index (κ1) is 25.2. The summed E-state index contributed by atoms with van der Waals surface area (Å²) in [6, 6.07) is 15.9. The average Bonchev–Trinajstić information content (AvgIpc) is 2.58. The van der Waals surface area contributed by atoms with Crippen molar-refractivity contribution in [1.29, 1.82) is 0 Å². The molecule has 126 valence electrons. The van der Waals surface area contributed by atoms with E-state index in [0.717, 1.165) is 11.1 Å². The van der Waals surface area contributed by atoms with Crippen LogP contribution in [0.3, 0.4) is 0 Å². The Balaban J connectivity index is -0.000000249. The normalized spacial score (nSPS) is 7.50.